The molecule has 4 rings (SSSR count). The van der Waals surface area contributed by atoms with Gasteiger partial charge in [-0.3, -0.25) is 14.5 Å². The van der Waals surface area contributed by atoms with Gasteiger partial charge >= 0.3 is 0 Å². The average Bonchev–Trinajstić information content (AvgIpc) is 2.73. The molecule has 142 valence electrons. The molecule has 0 radical (unpaired) electrons. The van der Waals surface area contributed by atoms with Crippen molar-refractivity contribution in [3.8, 4) is 17.2 Å². The summed E-state index contributed by atoms with van der Waals surface area (Å²) in [5.41, 5.74) is 1.75. The third-order valence-electron chi connectivity index (χ3n) is 4.92. The van der Waals surface area contributed by atoms with Crippen LogP contribution in [0, 0.1) is 0 Å². The number of hydrogen-bond acceptors (Lipinski definition) is 5. The number of nitrogens with zero attached hydrogens (tertiary/aromatic N) is 1. The predicted molar refractivity (Wildman–Crippen MR) is 104 cm³/mol. The molecule has 0 aromatic heterocycles. The van der Waals surface area contributed by atoms with E-state index in [1.807, 2.05) is 24.3 Å². The van der Waals surface area contributed by atoms with E-state index >= 15 is 0 Å². The summed E-state index contributed by atoms with van der Waals surface area (Å²) in [4.78, 5) is 27.4. The Hall–Kier alpha value is -3.54. The zero-order valence-corrected chi connectivity index (χ0v) is 15.8. The van der Waals surface area contributed by atoms with Crippen LogP contribution in [0.1, 0.15) is 26.3 Å². The second kappa shape index (κ2) is 6.88. The summed E-state index contributed by atoms with van der Waals surface area (Å²) >= 11 is 0. The highest BCUT2D eigenvalue weighted by Crippen LogP contribution is 2.39. The van der Waals surface area contributed by atoms with Crippen molar-refractivity contribution in [3.63, 3.8) is 0 Å². The first-order valence-electron chi connectivity index (χ1n) is 8.76. The number of carbonyl (C=O) groups excluding carboxylic acids is 2. The number of carbonyl (C=O) groups is 2. The first kappa shape index (κ1) is 17.9. The minimum absolute atomic E-state index is 0.0963. The van der Waals surface area contributed by atoms with E-state index in [2.05, 4.69) is 0 Å². The summed E-state index contributed by atoms with van der Waals surface area (Å²) in [6.07, 6.45) is 0. The lowest BCUT2D eigenvalue weighted by Gasteiger charge is -2.27. The topological polar surface area (TPSA) is 65.1 Å². The summed E-state index contributed by atoms with van der Waals surface area (Å²) in [7, 11) is 4.57. The van der Waals surface area contributed by atoms with Gasteiger partial charge in [0.05, 0.1) is 27.9 Å². The maximum Gasteiger partial charge on any atom is 0.261 e. The van der Waals surface area contributed by atoms with Crippen LogP contribution in [0.25, 0.3) is 10.8 Å². The highest BCUT2D eigenvalue weighted by atomic mass is 16.5. The van der Waals surface area contributed by atoms with Gasteiger partial charge in [0.15, 0.2) is 11.5 Å². The molecular weight excluding hydrogens is 358 g/mol. The first-order valence-corrected chi connectivity index (χ1v) is 8.76. The van der Waals surface area contributed by atoms with Crippen LogP contribution in [-0.2, 0) is 6.54 Å². The van der Waals surface area contributed by atoms with Gasteiger partial charge in [-0.1, -0.05) is 24.3 Å². The zero-order valence-electron chi connectivity index (χ0n) is 15.8. The third-order valence-corrected chi connectivity index (χ3v) is 4.92. The summed E-state index contributed by atoms with van der Waals surface area (Å²) < 4.78 is 16.1. The number of ether oxygens (including phenoxy) is 3. The van der Waals surface area contributed by atoms with Gasteiger partial charge in [-0.15, -0.1) is 0 Å². The summed E-state index contributed by atoms with van der Waals surface area (Å²) in [5.74, 6) is 0.763. The summed E-state index contributed by atoms with van der Waals surface area (Å²) in [6, 6.07) is 14.4. The SMILES string of the molecule is COc1cc(CN2C(=O)c3cccc4cccc(c34)C2=O)cc(OC)c1OC. The van der Waals surface area contributed by atoms with Crippen molar-refractivity contribution < 1.29 is 23.8 Å². The average molecular weight is 377 g/mol. The van der Waals surface area contributed by atoms with Crippen LogP contribution in [0.5, 0.6) is 17.2 Å². The fourth-order valence-corrected chi connectivity index (χ4v) is 3.63. The first-order chi connectivity index (χ1) is 13.6. The summed E-state index contributed by atoms with van der Waals surface area (Å²) in [5, 5.41) is 1.59. The van der Waals surface area contributed by atoms with E-state index in [-0.39, 0.29) is 18.4 Å². The van der Waals surface area contributed by atoms with Crippen molar-refractivity contribution in [1.82, 2.24) is 4.90 Å². The van der Waals surface area contributed by atoms with E-state index in [0.29, 0.717) is 39.3 Å². The fraction of sp³-hybridized carbons (Fsp3) is 0.182. The van der Waals surface area contributed by atoms with Crippen LogP contribution in [0.4, 0.5) is 0 Å². The minimum Gasteiger partial charge on any atom is -0.493 e. The molecule has 0 spiro atoms. The maximum absolute atomic E-state index is 13.1. The van der Waals surface area contributed by atoms with Crippen LogP contribution in [-0.4, -0.2) is 38.0 Å². The Morgan fingerprint density at radius 3 is 1.79 bits per heavy atom. The molecule has 0 bridgehead atoms. The Bertz CT molecular complexity index is 1030. The molecule has 6 nitrogen and oxygen atoms in total. The van der Waals surface area contributed by atoms with Crippen LogP contribution < -0.4 is 14.2 Å². The smallest absolute Gasteiger partial charge is 0.261 e. The maximum atomic E-state index is 13.1. The Morgan fingerprint density at radius 1 is 0.786 bits per heavy atom. The minimum atomic E-state index is -0.317. The van der Waals surface area contributed by atoms with E-state index in [9.17, 15) is 9.59 Å². The van der Waals surface area contributed by atoms with Crippen LogP contribution in [0.15, 0.2) is 48.5 Å². The van der Waals surface area contributed by atoms with Crippen LogP contribution in [0.2, 0.25) is 0 Å². The van der Waals surface area contributed by atoms with E-state index in [0.717, 1.165) is 5.39 Å². The Balaban J connectivity index is 1.78. The highest BCUT2D eigenvalue weighted by Gasteiger charge is 2.33. The molecule has 0 aliphatic carbocycles. The van der Waals surface area contributed by atoms with E-state index in [1.165, 1.54) is 26.2 Å². The van der Waals surface area contributed by atoms with Crippen molar-refractivity contribution in [2.45, 2.75) is 6.54 Å². The van der Waals surface area contributed by atoms with Crippen molar-refractivity contribution in [3.05, 3.63) is 65.2 Å². The van der Waals surface area contributed by atoms with Crippen molar-refractivity contribution in [2.24, 2.45) is 0 Å². The van der Waals surface area contributed by atoms with E-state index < -0.39 is 0 Å². The number of methoxy groups -OCH3 is 3. The lowest BCUT2D eigenvalue weighted by atomic mass is 9.94. The number of imide groups is 1. The van der Waals surface area contributed by atoms with Gasteiger partial charge in [0.2, 0.25) is 5.75 Å². The van der Waals surface area contributed by atoms with Gasteiger partial charge in [0, 0.05) is 16.5 Å². The molecule has 6 heteroatoms. The zero-order chi connectivity index (χ0) is 19.8. The molecule has 1 heterocycles. The Labute approximate surface area is 162 Å². The molecule has 0 unspecified atom stereocenters. The van der Waals surface area contributed by atoms with E-state index in [4.69, 9.17) is 14.2 Å². The lowest BCUT2D eigenvalue weighted by molar-refractivity contribution is 0.0598. The van der Waals surface area contributed by atoms with Gasteiger partial charge < -0.3 is 14.2 Å². The quantitative estimate of drug-likeness (QED) is 0.635. The van der Waals surface area contributed by atoms with Gasteiger partial charge in [-0.25, -0.2) is 0 Å². The molecule has 3 aromatic carbocycles. The standard InChI is InChI=1S/C22H19NO5/c1-26-17-10-13(11-18(27-2)20(17)28-3)12-23-21(24)15-8-4-6-14-7-5-9-16(19(14)15)22(23)25/h4-11H,12H2,1-3H3. The highest BCUT2D eigenvalue weighted by molar-refractivity contribution is 6.25. The second-order valence-corrected chi connectivity index (χ2v) is 6.44. The lowest BCUT2D eigenvalue weighted by Crippen LogP contribution is -2.39. The van der Waals surface area contributed by atoms with Crippen LogP contribution >= 0.6 is 0 Å². The van der Waals surface area contributed by atoms with Crippen molar-refractivity contribution in [2.75, 3.05) is 21.3 Å². The molecule has 0 fully saturated rings. The van der Waals surface area contributed by atoms with Gasteiger partial charge in [0.25, 0.3) is 11.8 Å². The molecule has 0 N–H and O–H groups in total. The third kappa shape index (κ3) is 2.65. The fourth-order valence-electron chi connectivity index (χ4n) is 3.63. The molecule has 28 heavy (non-hydrogen) atoms. The van der Waals surface area contributed by atoms with Crippen molar-refractivity contribution >= 4 is 22.6 Å². The number of benzene rings is 3. The van der Waals surface area contributed by atoms with E-state index in [1.54, 1.807) is 24.3 Å². The Morgan fingerprint density at radius 2 is 1.32 bits per heavy atom. The number of rotatable bonds is 5. The Kier molecular flexibility index (Phi) is 4.39. The molecule has 0 atom stereocenters. The largest absolute Gasteiger partial charge is 0.493 e. The molecule has 0 saturated carbocycles. The molecular formula is C22H19NO5. The van der Waals surface area contributed by atoms with Crippen molar-refractivity contribution in [1.29, 1.82) is 0 Å². The molecule has 2 amide bonds. The molecule has 3 aromatic rings. The van der Waals surface area contributed by atoms with Gasteiger partial charge in [-0.2, -0.15) is 0 Å². The number of amides is 2. The predicted octanol–water partition coefficient (Wildman–Crippen LogP) is 3.66. The molecule has 0 saturated heterocycles. The molecule has 1 aliphatic rings. The van der Waals surface area contributed by atoms with Crippen LogP contribution in [0.3, 0.4) is 0 Å². The second-order valence-electron chi connectivity index (χ2n) is 6.44. The monoisotopic (exact) mass is 377 g/mol. The number of hydrogen-bond donors (Lipinski definition) is 0. The van der Waals surface area contributed by atoms with Gasteiger partial charge in [0.1, 0.15) is 0 Å². The van der Waals surface area contributed by atoms with Gasteiger partial charge in [-0.05, 0) is 35.2 Å². The normalized spacial score (nSPS) is 13.0. The molecule has 1 aliphatic heterocycles. The summed E-state index contributed by atoms with van der Waals surface area (Å²) in [6.45, 7) is 0.0963.